The normalized spacial score (nSPS) is 19.7. The van der Waals surface area contributed by atoms with Crippen LogP contribution in [0, 0.1) is 0 Å². The number of rotatable bonds is 6. The lowest BCUT2D eigenvalue weighted by Crippen LogP contribution is -2.61. The molecular weight excluding hydrogens is 340 g/mol. The molecule has 3 rings (SSSR count). The first kappa shape index (κ1) is 19.1. The van der Waals surface area contributed by atoms with Gasteiger partial charge in [0.2, 0.25) is 5.91 Å². The van der Waals surface area contributed by atoms with Gasteiger partial charge in [-0.25, -0.2) is 0 Å². The number of hydrogen-bond acceptors (Lipinski definition) is 3. The Morgan fingerprint density at radius 2 is 1.85 bits per heavy atom. The van der Waals surface area contributed by atoms with Crippen LogP contribution in [-0.4, -0.2) is 42.0 Å². The monoisotopic (exact) mass is 366 g/mol. The molecule has 2 N–H and O–H groups in total. The smallest absolute Gasteiger partial charge is 0.251 e. The molecule has 1 heterocycles. The minimum absolute atomic E-state index is 0.0458. The minimum atomic E-state index is -1.18. The van der Waals surface area contributed by atoms with Crippen LogP contribution in [0.2, 0.25) is 0 Å². The lowest BCUT2D eigenvalue weighted by atomic mass is 9.90. The molecule has 1 aliphatic heterocycles. The van der Waals surface area contributed by atoms with Crippen LogP contribution in [0.15, 0.2) is 54.6 Å². The van der Waals surface area contributed by atoms with Crippen molar-refractivity contribution in [1.29, 1.82) is 0 Å². The molecule has 1 fully saturated rings. The number of morpholine rings is 1. The van der Waals surface area contributed by atoms with Crippen LogP contribution in [0.25, 0.3) is 11.1 Å². The number of amides is 2. The van der Waals surface area contributed by atoms with E-state index in [0.717, 1.165) is 23.1 Å². The lowest BCUT2D eigenvalue weighted by Gasteiger charge is -2.41. The number of primary amides is 1. The van der Waals surface area contributed by atoms with Crippen LogP contribution in [0.5, 0.6) is 0 Å². The van der Waals surface area contributed by atoms with Crippen molar-refractivity contribution >= 4 is 11.8 Å². The predicted octanol–water partition coefficient (Wildman–Crippen LogP) is 2.78. The predicted molar refractivity (Wildman–Crippen MR) is 105 cm³/mol. The van der Waals surface area contributed by atoms with E-state index in [0.29, 0.717) is 26.0 Å². The number of benzene rings is 2. The Morgan fingerprint density at radius 3 is 2.56 bits per heavy atom. The van der Waals surface area contributed by atoms with Gasteiger partial charge in [-0.3, -0.25) is 9.59 Å². The molecule has 0 spiro atoms. The van der Waals surface area contributed by atoms with E-state index in [9.17, 15) is 9.59 Å². The summed E-state index contributed by atoms with van der Waals surface area (Å²) in [5, 5.41) is 0. The molecule has 5 nitrogen and oxygen atoms in total. The molecular formula is C22H26N2O3. The summed E-state index contributed by atoms with van der Waals surface area (Å²) >= 11 is 0. The van der Waals surface area contributed by atoms with Gasteiger partial charge in [-0.15, -0.1) is 0 Å². The van der Waals surface area contributed by atoms with Crippen molar-refractivity contribution in [2.45, 2.75) is 31.8 Å². The van der Waals surface area contributed by atoms with Gasteiger partial charge in [-0.1, -0.05) is 61.5 Å². The summed E-state index contributed by atoms with van der Waals surface area (Å²) in [5.74, 6) is -0.480. The second kappa shape index (κ2) is 8.35. The van der Waals surface area contributed by atoms with E-state index < -0.39 is 11.5 Å². The topological polar surface area (TPSA) is 72.6 Å². The first-order valence-corrected chi connectivity index (χ1v) is 9.40. The van der Waals surface area contributed by atoms with Crippen molar-refractivity contribution < 1.29 is 14.3 Å². The molecule has 1 saturated heterocycles. The Hall–Kier alpha value is -2.66. The van der Waals surface area contributed by atoms with Gasteiger partial charge in [0, 0.05) is 19.4 Å². The third-order valence-electron chi connectivity index (χ3n) is 4.98. The molecule has 1 atom stereocenters. The number of carbonyl (C=O) groups is 2. The molecule has 27 heavy (non-hydrogen) atoms. The van der Waals surface area contributed by atoms with Crippen molar-refractivity contribution in [3.8, 4) is 11.1 Å². The third-order valence-corrected chi connectivity index (χ3v) is 4.98. The molecule has 0 unspecified atom stereocenters. The number of nitrogens with two attached hydrogens (primary N) is 1. The second-order valence-corrected chi connectivity index (χ2v) is 7.02. The number of ether oxygens (including phenoxy) is 1. The van der Waals surface area contributed by atoms with Crippen molar-refractivity contribution in [2.75, 3.05) is 19.7 Å². The Kier molecular flexibility index (Phi) is 5.91. The van der Waals surface area contributed by atoms with Crippen LogP contribution in [0.3, 0.4) is 0 Å². The molecule has 5 heteroatoms. The Balaban J connectivity index is 1.84. The molecule has 1 aliphatic rings. The summed E-state index contributed by atoms with van der Waals surface area (Å²) in [4.78, 5) is 26.3. The van der Waals surface area contributed by atoms with Gasteiger partial charge < -0.3 is 15.4 Å². The molecule has 0 radical (unpaired) electrons. The van der Waals surface area contributed by atoms with Crippen molar-refractivity contribution in [2.24, 2.45) is 5.73 Å². The van der Waals surface area contributed by atoms with Gasteiger partial charge >= 0.3 is 0 Å². The second-order valence-electron chi connectivity index (χ2n) is 7.02. The molecule has 0 saturated carbocycles. The van der Waals surface area contributed by atoms with Crippen LogP contribution in [-0.2, 0) is 20.7 Å². The summed E-state index contributed by atoms with van der Waals surface area (Å²) in [6.45, 7) is 2.99. The number of hydrogen-bond donors (Lipinski definition) is 1. The van der Waals surface area contributed by atoms with Gasteiger partial charge in [0.25, 0.3) is 5.91 Å². The molecule has 2 aromatic rings. The molecule has 142 valence electrons. The highest BCUT2D eigenvalue weighted by molar-refractivity contribution is 5.86. The fourth-order valence-electron chi connectivity index (χ4n) is 3.53. The van der Waals surface area contributed by atoms with Crippen LogP contribution in [0.1, 0.15) is 25.3 Å². The summed E-state index contributed by atoms with van der Waals surface area (Å²) in [6.07, 6.45) is 1.59. The highest BCUT2D eigenvalue weighted by Gasteiger charge is 2.43. The van der Waals surface area contributed by atoms with Gasteiger partial charge in [0.15, 0.2) is 5.60 Å². The van der Waals surface area contributed by atoms with Gasteiger partial charge in [-0.05, 0) is 23.1 Å². The zero-order valence-electron chi connectivity index (χ0n) is 15.7. The van der Waals surface area contributed by atoms with Crippen molar-refractivity contribution in [3.05, 3.63) is 60.2 Å². The third kappa shape index (κ3) is 4.37. The highest BCUT2D eigenvalue weighted by Crippen LogP contribution is 2.27. The maximum Gasteiger partial charge on any atom is 0.251 e. The minimum Gasteiger partial charge on any atom is -0.367 e. The van der Waals surface area contributed by atoms with E-state index >= 15 is 0 Å². The average Bonchev–Trinajstić information content (AvgIpc) is 2.69. The van der Waals surface area contributed by atoms with Crippen molar-refractivity contribution in [1.82, 2.24) is 4.90 Å². The van der Waals surface area contributed by atoms with Crippen molar-refractivity contribution in [3.63, 3.8) is 0 Å². The Labute approximate surface area is 160 Å². The Bertz CT molecular complexity index is 806. The maximum atomic E-state index is 12.3. The standard InChI is InChI=1S/C22H26N2O3/c1-2-7-20(25)24-12-13-27-22(16-24,21(23)26)15-17-8-6-11-19(14-17)18-9-4-3-5-10-18/h3-6,8-11,14H,2,7,12-13,15-16H2,1H3,(H2,23,26)/t22-/m1/s1. The first-order valence-electron chi connectivity index (χ1n) is 9.40. The van der Waals surface area contributed by atoms with Crippen LogP contribution < -0.4 is 5.73 Å². The summed E-state index contributed by atoms with van der Waals surface area (Å²) in [5.41, 5.74) is 7.69. The van der Waals surface area contributed by atoms with E-state index in [1.807, 2.05) is 55.5 Å². The van der Waals surface area contributed by atoms with E-state index in [-0.39, 0.29) is 12.5 Å². The summed E-state index contributed by atoms with van der Waals surface area (Å²) < 4.78 is 5.87. The molecule has 0 aromatic heterocycles. The largest absolute Gasteiger partial charge is 0.367 e. The summed E-state index contributed by atoms with van der Waals surface area (Å²) in [7, 11) is 0. The maximum absolute atomic E-state index is 12.3. The number of nitrogens with zero attached hydrogens (tertiary/aromatic N) is 1. The van der Waals surface area contributed by atoms with Gasteiger partial charge in [-0.2, -0.15) is 0 Å². The van der Waals surface area contributed by atoms with E-state index in [1.54, 1.807) is 4.90 Å². The lowest BCUT2D eigenvalue weighted by molar-refractivity contribution is -0.163. The van der Waals surface area contributed by atoms with Crippen LogP contribution >= 0.6 is 0 Å². The fourth-order valence-corrected chi connectivity index (χ4v) is 3.53. The molecule has 0 bridgehead atoms. The quantitative estimate of drug-likeness (QED) is 0.854. The van der Waals surface area contributed by atoms with E-state index in [1.165, 1.54) is 0 Å². The van der Waals surface area contributed by atoms with Crippen LogP contribution in [0.4, 0.5) is 0 Å². The van der Waals surface area contributed by atoms with Gasteiger partial charge in [0.1, 0.15) is 0 Å². The van der Waals surface area contributed by atoms with E-state index in [4.69, 9.17) is 10.5 Å². The fraction of sp³-hybridized carbons (Fsp3) is 0.364. The molecule has 2 amide bonds. The van der Waals surface area contributed by atoms with Gasteiger partial charge in [0.05, 0.1) is 13.2 Å². The first-order chi connectivity index (χ1) is 13.0. The molecule has 2 aromatic carbocycles. The molecule has 0 aliphatic carbocycles. The summed E-state index contributed by atoms with van der Waals surface area (Å²) in [6, 6.07) is 18.1. The zero-order valence-corrected chi connectivity index (χ0v) is 15.7. The highest BCUT2D eigenvalue weighted by atomic mass is 16.5. The Morgan fingerprint density at radius 1 is 1.11 bits per heavy atom. The SMILES string of the molecule is CCCC(=O)N1CCO[C@@](Cc2cccc(-c3ccccc3)c2)(C(N)=O)C1. The van der Waals surface area contributed by atoms with E-state index in [2.05, 4.69) is 6.07 Å². The zero-order chi connectivity index (χ0) is 19.3. The average molecular weight is 366 g/mol. The number of carbonyl (C=O) groups excluding carboxylic acids is 2.